The SMILES string of the molecule is CC(C)Oc1ccc(C(=O)NC2(c3cccs3)CCCC2)cc1. The molecule has 122 valence electrons. The smallest absolute Gasteiger partial charge is 0.252 e. The molecule has 1 heterocycles. The monoisotopic (exact) mass is 329 g/mol. The number of amides is 1. The Hall–Kier alpha value is -1.81. The number of benzene rings is 1. The number of ether oxygens (including phenoxy) is 1. The zero-order valence-electron chi connectivity index (χ0n) is 13.7. The van der Waals surface area contributed by atoms with E-state index >= 15 is 0 Å². The molecule has 2 aromatic rings. The maximum absolute atomic E-state index is 12.7. The maximum Gasteiger partial charge on any atom is 0.252 e. The molecule has 0 radical (unpaired) electrons. The molecule has 1 fully saturated rings. The molecule has 1 aliphatic rings. The molecule has 0 saturated heterocycles. The van der Waals surface area contributed by atoms with Crippen molar-refractivity contribution in [2.75, 3.05) is 0 Å². The van der Waals surface area contributed by atoms with Gasteiger partial charge in [-0.25, -0.2) is 0 Å². The van der Waals surface area contributed by atoms with Crippen molar-refractivity contribution in [3.63, 3.8) is 0 Å². The molecule has 4 heteroatoms. The van der Waals surface area contributed by atoms with Crippen molar-refractivity contribution in [2.45, 2.75) is 51.2 Å². The quantitative estimate of drug-likeness (QED) is 0.861. The highest BCUT2D eigenvalue weighted by Gasteiger charge is 2.38. The zero-order valence-corrected chi connectivity index (χ0v) is 14.5. The average molecular weight is 329 g/mol. The van der Waals surface area contributed by atoms with Crippen LogP contribution in [-0.2, 0) is 5.54 Å². The Morgan fingerprint density at radius 3 is 2.43 bits per heavy atom. The molecule has 0 aliphatic heterocycles. The number of carbonyl (C=O) groups excluding carboxylic acids is 1. The summed E-state index contributed by atoms with van der Waals surface area (Å²) in [6.45, 7) is 3.98. The van der Waals surface area contributed by atoms with E-state index < -0.39 is 0 Å². The van der Waals surface area contributed by atoms with E-state index in [1.807, 2.05) is 38.1 Å². The predicted octanol–water partition coefficient (Wildman–Crippen LogP) is 4.73. The normalized spacial score (nSPS) is 16.5. The Balaban J connectivity index is 1.75. The Morgan fingerprint density at radius 2 is 1.87 bits per heavy atom. The first-order chi connectivity index (χ1) is 11.1. The lowest BCUT2D eigenvalue weighted by Gasteiger charge is -2.29. The van der Waals surface area contributed by atoms with E-state index in [4.69, 9.17) is 4.74 Å². The highest BCUT2D eigenvalue weighted by Crippen LogP contribution is 2.41. The third kappa shape index (κ3) is 3.58. The second kappa shape index (κ2) is 6.75. The fourth-order valence-electron chi connectivity index (χ4n) is 3.21. The molecule has 1 saturated carbocycles. The molecule has 0 bridgehead atoms. The van der Waals surface area contributed by atoms with Crippen molar-refractivity contribution >= 4 is 17.2 Å². The number of nitrogens with one attached hydrogen (secondary N) is 1. The van der Waals surface area contributed by atoms with Gasteiger partial charge in [0.15, 0.2) is 0 Å². The Kier molecular flexibility index (Phi) is 4.71. The molecule has 3 nitrogen and oxygen atoms in total. The van der Waals surface area contributed by atoms with E-state index in [0.717, 1.165) is 18.6 Å². The molecule has 1 aromatic heterocycles. The highest BCUT2D eigenvalue weighted by atomic mass is 32.1. The standard InChI is InChI=1S/C19H23NO2S/c1-14(2)22-16-9-7-15(8-10-16)18(21)20-19(11-3-4-12-19)17-6-5-13-23-17/h5-10,13-14H,3-4,11-12H2,1-2H3,(H,20,21). The van der Waals surface area contributed by atoms with Crippen LogP contribution < -0.4 is 10.1 Å². The van der Waals surface area contributed by atoms with Crippen LogP contribution in [0.25, 0.3) is 0 Å². The molecule has 23 heavy (non-hydrogen) atoms. The molecule has 3 rings (SSSR count). The van der Waals surface area contributed by atoms with Gasteiger partial charge in [-0.3, -0.25) is 4.79 Å². The largest absolute Gasteiger partial charge is 0.491 e. The van der Waals surface area contributed by atoms with Crippen LogP contribution in [-0.4, -0.2) is 12.0 Å². The van der Waals surface area contributed by atoms with E-state index in [-0.39, 0.29) is 17.6 Å². The van der Waals surface area contributed by atoms with Crippen molar-refractivity contribution in [1.29, 1.82) is 0 Å². The fraction of sp³-hybridized carbons (Fsp3) is 0.421. The van der Waals surface area contributed by atoms with Gasteiger partial charge in [0.2, 0.25) is 0 Å². The zero-order chi connectivity index (χ0) is 16.3. The first kappa shape index (κ1) is 16.1. The lowest BCUT2D eigenvalue weighted by atomic mass is 9.94. The van der Waals surface area contributed by atoms with Gasteiger partial charge in [-0.05, 0) is 62.4 Å². The van der Waals surface area contributed by atoms with Crippen molar-refractivity contribution in [2.24, 2.45) is 0 Å². The molecular weight excluding hydrogens is 306 g/mol. The van der Waals surface area contributed by atoms with Gasteiger partial charge in [0.05, 0.1) is 11.6 Å². The van der Waals surface area contributed by atoms with Gasteiger partial charge in [-0.1, -0.05) is 18.9 Å². The Morgan fingerprint density at radius 1 is 1.17 bits per heavy atom. The topological polar surface area (TPSA) is 38.3 Å². The first-order valence-electron chi connectivity index (χ1n) is 8.22. The van der Waals surface area contributed by atoms with Crippen LogP contribution in [0.5, 0.6) is 5.75 Å². The van der Waals surface area contributed by atoms with Gasteiger partial charge >= 0.3 is 0 Å². The summed E-state index contributed by atoms with van der Waals surface area (Å²) in [4.78, 5) is 14.0. The van der Waals surface area contributed by atoms with Crippen molar-refractivity contribution < 1.29 is 9.53 Å². The lowest BCUT2D eigenvalue weighted by molar-refractivity contribution is 0.0900. The van der Waals surface area contributed by atoms with Crippen molar-refractivity contribution in [1.82, 2.24) is 5.32 Å². The van der Waals surface area contributed by atoms with E-state index in [1.54, 1.807) is 11.3 Å². The summed E-state index contributed by atoms with van der Waals surface area (Å²) in [6.07, 6.45) is 4.51. The Labute approximate surface area is 141 Å². The molecule has 1 amide bonds. The van der Waals surface area contributed by atoms with Crippen LogP contribution in [0.3, 0.4) is 0 Å². The fourth-order valence-corrected chi connectivity index (χ4v) is 4.15. The third-order valence-electron chi connectivity index (χ3n) is 4.29. The van der Waals surface area contributed by atoms with E-state index in [1.165, 1.54) is 17.7 Å². The third-order valence-corrected chi connectivity index (χ3v) is 5.37. The van der Waals surface area contributed by atoms with Crippen molar-refractivity contribution in [3.8, 4) is 5.75 Å². The Bertz CT molecular complexity index is 641. The number of hydrogen-bond acceptors (Lipinski definition) is 3. The second-order valence-corrected chi connectivity index (χ2v) is 7.36. The molecular formula is C19H23NO2S. The molecule has 0 unspecified atom stereocenters. The second-order valence-electron chi connectivity index (χ2n) is 6.41. The van der Waals surface area contributed by atoms with E-state index in [0.29, 0.717) is 5.56 Å². The van der Waals surface area contributed by atoms with Crippen LogP contribution in [0.1, 0.15) is 54.8 Å². The van der Waals surface area contributed by atoms with Crippen LogP contribution in [0.15, 0.2) is 41.8 Å². The van der Waals surface area contributed by atoms with Gasteiger partial charge in [-0.15, -0.1) is 11.3 Å². The summed E-state index contributed by atoms with van der Waals surface area (Å²) in [7, 11) is 0. The number of rotatable bonds is 5. The molecule has 1 aliphatic carbocycles. The van der Waals surface area contributed by atoms with Crippen LogP contribution >= 0.6 is 11.3 Å². The first-order valence-corrected chi connectivity index (χ1v) is 9.10. The summed E-state index contributed by atoms with van der Waals surface area (Å²) in [5, 5.41) is 5.38. The lowest BCUT2D eigenvalue weighted by Crippen LogP contribution is -2.43. The van der Waals surface area contributed by atoms with E-state index in [9.17, 15) is 4.79 Å². The number of hydrogen-bond donors (Lipinski definition) is 1. The summed E-state index contributed by atoms with van der Waals surface area (Å²) < 4.78 is 5.63. The average Bonchev–Trinajstić information content (AvgIpc) is 3.19. The van der Waals surface area contributed by atoms with Crippen LogP contribution in [0.4, 0.5) is 0 Å². The minimum atomic E-state index is -0.182. The molecule has 0 spiro atoms. The molecule has 0 atom stereocenters. The van der Waals surface area contributed by atoms with E-state index in [2.05, 4.69) is 22.8 Å². The summed E-state index contributed by atoms with van der Waals surface area (Å²) >= 11 is 1.73. The minimum Gasteiger partial charge on any atom is -0.491 e. The van der Waals surface area contributed by atoms with Gasteiger partial charge < -0.3 is 10.1 Å². The summed E-state index contributed by atoms with van der Waals surface area (Å²) in [5.74, 6) is 0.793. The highest BCUT2D eigenvalue weighted by molar-refractivity contribution is 7.10. The van der Waals surface area contributed by atoms with Gasteiger partial charge in [0.25, 0.3) is 5.91 Å². The summed E-state index contributed by atoms with van der Waals surface area (Å²) in [6, 6.07) is 11.6. The van der Waals surface area contributed by atoms with Crippen LogP contribution in [0, 0.1) is 0 Å². The maximum atomic E-state index is 12.7. The van der Waals surface area contributed by atoms with Gasteiger partial charge in [0.1, 0.15) is 5.75 Å². The predicted molar refractivity (Wildman–Crippen MR) is 94.1 cm³/mol. The number of thiophene rings is 1. The molecule has 1 aromatic carbocycles. The molecule has 1 N–H and O–H groups in total. The minimum absolute atomic E-state index is 0.00334. The van der Waals surface area contributed by atoms with Gasteiger partial charge in [0, 0.05) is 10.4 Å². The summed E-state index contributed by atoms with van der Waals surface area (Å²) in [5.41, 5.74) is 0.502. The van der Waals surface area contributed by atoms with Gasteiger partial charge in [-0.2, -0.15) is 0 Å². The van der Waals surface area contributed by atoms with Crippen molar-refractivity contribution in [3.05, 3.63) is 52.2 Å². The number of carbonyl (C=O) groups is 1. The van der Waals surface area contributed by atoms with Crippen LogP contribution in [0.2, 0.25) is 0 Å².